The van der Waals surface area contributed by atoms with Crippen molar-refractivity contribution in [1.29, 1.82) is 0 Å². The van der Waals surface area contributed by atoms with Gasteiger partial charge in [-0.1, -0.05) is 7.96 Å². The highest BCUT2D eigenvalue weighted by atomic mass is 33.4. The van der Waals surface area contributed by atoms with E-state index < -0.39 is 0 Å². The Morgan fingerprint density at radius 3 is 1.05 bits per heavy atom. The van der Waals surface area contributed by atoms with E-state index >= 15 is 0 Å². The van der Waals surface area contributed by atoms with Gasteiger partial charge >= 0.3 is 0 Å². The molecule has 0 saturated carbocycles. The lowest BCUT2D eigenvalue weighted by Crippen LogP contribution is -1.53. The third-order valence-electron chi connectivity index (χ3n) is 1.71. The van der Waals surface area contributed by atoms with Crippen LogP contribution >= 0.6 is 177 Å². The Morgan fingerprint density at radius 2 is 0.818 bits per heavy atom. The van der Waals surface area contributed by atoms with Gasteiger partial charge in [-0.2, -0.15) is 0 Å². The summed E-state index contributed by atoms with van der Waals surface area (Å²) in [5.74, 6) is 0. The summed E-state index contributed by atoms with van der Waals surface area (Å²) < 4.78 is 0. The standard InChI is InChI=1S/H24P22/c1-12-19(14(2)3)21(22(17(8)9)18(10)11)13-20(15(4)5)16(6)7/h12-13H,1-11H2. The van der Waals surface area contributed by atoms with Crippen molar-refractivity contribution in [3.8, 4) is 0 Å². The van der Waals surface area contributed by atoms with Gasteiger partial charge in [-0.05, 0) is 70.8 Å². The van der Waals surface area contributed by atoms with Gasteiger partial charge in [0.1, 0.15) is 0 Å². The maximum atomic E-state index is 3.18. The highest BCUT2D eigenvalue weighted by molar-refractivity contribution is 9.32. The van der Waals surface area contributed by atoms with Crippen LogP contribution < -0.4 is 0 Å². The molecular weight excluding hydrogens is 681 g/mol. The van der Waals surface area contributed by atoms with E-state index in [9.17, 15) is 0 Å². The molecule has 134 valence electrons. The summed E-state index contributed by atoms with van der Waals surface area (Å²) in [6.45, 7) is 1.04. The fourth-order valence-corrected chi connectivity index (χ4v) is 242. The van der Waals surface area contributed by atoms with E-state index in [0.29, 0.717) is 0 Å². The molecule has 0 bridgehead atoms. The number of rotatable bonds is 10. The third kappa shape index (κ3) is 12.6. The minimum atomic E-state index is 0.0470. The van der Waals surface area contributed by atoms with Crippen LogP contribution in [0.1, 0.15) is 0 Å². The van der Waals surface area contributed by atoms with Crippen molar-refractivity contribution >= 4 is 177 Å². The summed E-state index contributed by atoms with van der Waals surface area (Å²) in [6.07, 6.45) is 0. The predicted molar refractivity (Wildman–Crippen MR) is 186 cm³/mol. The fraction of sp³-hybridized carbons (Fsp3) is 0. The lowest BCUT2D eigenvalue weighted by Gasteiger charge is -2.42. The molecule has 15 atom stereocenters. The largest absolute Gasteiger partial charge is 0.109 e. The van der Waals surface area contributed by atoms with Gasteiger partial charge in [-0.3, -0.25) is 0 Å². The average Bonchev–Trinajstić information content (AvgIpc) is 2.33. The highest BCUT2D eigenvalue weighted by Gasteiger charge is 2.37. The predicted octanol–water partition coefficient (Wildman–Crippen LogP) is 12.5. The van der Waals surface area contributed by atoms with Crippen LogP contribution in [0.5, 0.6) is 0 Å². The normalized spacial score (nSPS) is 17.2. The molecule has 22 heteroatoms. The molecule has 0 aromatic heterocycles. The van der Waals surface area contributed by atoms with Gasteiger partial charge in [0.2, 0.25) is 0 Å². The van der Waals surface area contributed by atoms with Crippen molar-refractivity contribution in [2.24, 2.45) is 0 Å². The number of hydrogen-bond donors (Lipinski definition) is 0. The van der Waals surface area contributed by atoms with E-state index in [0.717, 1.165) is 7.96 Å². The Balaban J connectivity index is 5.57. The van der Waals surface area contributed by atoms with E-state index in [1.165, 1.54) is 7.96 Å². The van der Waals surface area contributed by atoms with Crippen LogP contribution in [0.3, 0.4) is 0 Å². The van der Waals surface area contributed by atoms with Crippen LogP contribution in [0.25, 0.3) is 0 Å². The van der Waals surface area contributed by atoms with E-state index in [4.69, 9.17) is 0 Å². The molecule has 0 aromatic carbocycles. The summed E-state index contributed by atoms with van der Waals surface area (Å²) in [4.78, 5) is 0. The Hall–Kier alpha value is 9.46. The summed E-state index contributed by atoms with van der Waals surface area (Å²) in [5.41, 5.74) is 0. The zero-order chi connectivity index (χ0) is 17.6. The summed E-state index contributed by atoms with van der Waals surface area (Å²) in [7, 11) is 37.1. The molecule has 0 radical (unpaired) electrons. The monoisotopic (exact) mass is 706 g/mol. The van der Waals surface area contributed by atoms with E-state index in [1.807, 2.05) is 0 Å². The maximum Gasteiger partial charge on any atom is -0.00563 e. The average molecular weight is 706 g/mol. The molecule has 0 aromatic rings. The Morgan fingerprint density at radius 1 is 0.455 bits per heavy atom. The zero-order valence-electron chi connectivity index (χ0n) is 11.4. The molecule has 0 aliphatic heterocycles. The molecule has 0 saturated heterocycles. The second-order valence-electron chi connectivity index (χ2n) is 3.27. The van der Waals surface area contributed by atoms with Crippen molar-refractivity contribution in [2.45, 2.75) is 0 Å². The Bertz CT molecular complexity index is 256. The van der Waals surface area contributed by atoms with Crippen LogP contribution in [-0.4, -0.2) is 0 Å². The van der Waals surface area contributed by atoms with E-state index in [1.54, 1.807) is 0 Å². The second-order valence-corrected chi connectivity index (χ2v) is 88.2. The van der Waals surface area contributed by atoms with Gasteiger partial charge in [0.25, 0.3) is 0 Å². The van der Waals surface area contributed by atoms with Crippen molar-refractivity contribution in [3.63, 3.8) is 0 Å². The molecule has 0 aliphatic carbocycles. The fourth-order valence-electron chi connectivity index (χ4n) is 0.995. The summed E-state index contributed by atoms with van der Waals surface area (Å²) in [6, 6.07) is 0. The van der Waals surface area contributed by atoms with Gasteiger partial charge in [-0.25, -0.2) is 0 Å². The molecule has 0 N–H and O–H groups in total. The van der Waals surface area contributed by atoms with Crippen molar-refractivity contribution in [2.75, 3.05) is 0 Å². The third-order valence-corrected chi connectivity index (χ3v) is 139. The molecule has 15 unspecified atom stereocenters. The molecule has 0 nitrogen and oxygen atoms in total. The molecule has 0 spiro atoms. The van der Waals surface area contributed by atoms with Crippen molar-refractivity contribution in [1.82, 2.24) is 0 Å². The van der Waals surface area contributed by atoms with Crippen LogP contribution in [0.4, 0.5) is 0 Å². The molecule has 0 aliphatic rings. The van der Waals surface area contributed by atoms with Crippen LogP contribution in [0, 0.1) is 0 Å². The van der Waals surface area contributed by atoms with E-state index in [2.05, 4.69) is 98.2 Å². The first kappa shape index (κ1) is 31.5. The minimum absolute atomic E-state index is 0.0470. The molecule has 0 rings (SSSR count). The summed E-state index contributed by atoms with van der Waals surface area (Å²) >= 11 is 0. The van der Waals surface area contributed by atoms with Crippen molar-refractivity contribution in [3.05, 3.63) is 0 Å². The van der Waals surface area contributed by atoms with Crippen molar-refractivity contribution < 1.29 is 0 Å². The highest BCUT2D eigenvalue weighted by Crippen LogP contribution is 3.26. The topological polar surface area (TPSA) is 0 Å². The van der Waals surface area contributed by atoms with Gasteiger partial charge < -0.3 is 0 Å². The smallest absolute Gasteiger partial charge is 0.00563 e. The minimum Gasteiger partial charge on any atom is -0.109 e. The maximum absolute atomic E-state index is 3.18. The van der Waals surface area contributed by atoms with Crippen LogP contribution in [0.2, 0.25) is 0 Å². The zero-order valence-corrected chi connectivity index (χ0v) is 34.1. The lowest BCUT2D eigenvalue weighted by molar-refractivity contribution is 4.53. The summed E-state index contributed by atoms with van der Waals surface area (Å²) in [5, 5.41) is 0. The van der Waals surface area contributed by atoms with Gasteiger partial charge in [0.05, 0.1) is 0 Å². The molecule has 0 amide bonds. The van der Waals surface area contributed by atoms with Gasteiger partial charge in [0.15, 0.2) is 0 Å². The Labute approximate surface area is 175 Å². The first-order valence-corrected chi connectivity index (χ1v) is 44.5. The van der Waals surface area contributed by atoms with E-state index in [-0.39, 0.29) is 62.9 Å². The first-order chi connectivity index (χ1) is 10.0. The Kier molecular flexibility index (Phi) is 25.6. The molecule has 0 heterocycles. The lowest BCUT2D eigenvalue weighted by atomic mass is 28.6. The van der Waals surface area contributed by atoms with Crippen LogP contribution in [0.15, 0.2) is 0 Å². The quantitative estimate of drug-likeness (QED) is 0.199. The van der Waals surface area contributed by atoms with Crippen LogP contribution in [-0.2, 0) is 0 Å². The number of hydrogen-bond acceptors (Lipinski definition) is 0. The van der Waals surface area contributed by atoms with Gasteiger partial charge in [0, 0.05) is 0 Å². The molecular formula is H24P22. The van der Waals surface area contributed by atoms with Gasteiger partial charge in [-0.15, -0.1) is 98.2 Å². The molecule has 0 fully saturated rings. The second kappa shape index (κ2) is 17.9. The molecule has 22 heavy (non-hydrogen) atoms. The SMILES string of the molecule is PPP(P(P)P)P(PP(P(P)P)P(P)P)P(P(P)P)P(P)P. The first-order valence-electron chi connectivity index (χ1n) is 4.94.